The quantitative estimate of drug-likeness (QED) is 0.740. The maximum absolute atomic E-state index is 12.5. The van der Waals surface area contributed by atoms with Gasteiger partial charge >= 0.3 is 0 Å². The molecule has 2 aromatic carbocycles. The van der Waals surface area contributed by atoms with Gasteiger partial charge in [-0.1, -0.05) is 23.8 Å². The van der Waals surface area contributed by atoms with Crippen LogP contribution in [0.2, 0.25) is 0 Å². The van der Waals surface area contributed by atoms with Gasteiger partial charge in [0.15, 0.2) is 21.3 Å². The third-order valence-corrected chi connectivity index (χ3v) is 6.88. The fraction of sp³-hybridized carbons (Fsp3) is 0.381. The molecule has 2 aliphatic heterocycles. The molecule has 1 amide bonds. The molecule has 0 spiro atoms. The molecule has 7 nitrogen and oxygen atoms in total. The number of aryl methyl sites for hydroxylation is 1. The van der Waals surface area contributed by atoms with Crippen LogP contribution in [0.3, 0.4) is 0 Å². The SMILES string of the molecule is Cc1ccc(S(=O)(=O)CC(=O)N2CCN(Cc3ccc4c(c3)OCO4)CC2)cc1. The maximum Gasteiger partial charge on any atom is 0.238 e. The van der Waals surface area contributed by atoms with Crippen molar-refractivity contribution in [2.45, 2.75) is 18.4 Å². The average molecular weight is 416 g/mol. The van der Waals surface area contributed by atoms with Crippen LogP contribution in [0.1, 0.15) is 11.1 Å². The Bertz CT molecular complexity index is 996. The van der Waals surface area contributed by atoms with Gasteiger partial charge in [-0.25, -0.2) is 8.42 Å². The molecule has 2 aromatic rings. The number of amides is 1. The molecule has 0 unspecified atom stereocenters. The van der Waals surface area contributed by atoms with E-state index in [9.17, 15) is 13.2 Å². The first-order valence-corrected chi connectivity index (χ1v) is 11.2. The van der Waals surface area contributed by atoms with E-state index < -0.39 is 15.6 Å². The molecule has 0 saturated carbocycles. The van der Waals surface area contributed by atoms with E-state index in [-0.39, 0.29) is 17.6 Å². The van der Waals surface area contributed by atoms with Gasteiger partial charge in [0, 0.05) is 32.7 Å². The number of carbonyl (C=O) groups excluding carboxylic acids is 1. The second kappa shape index (κ2) is 8.04. The molecule has 2 heterocycles. The van der Waals surface area contributed by atoms with Crippen LogP contribution in [0.25, 0.3) is 0 Å². The Balaban J connectivity index is 1.31. The minimum absolute atomic E-state index is 0.192. The second-order valence-electron chi connectivity index (χ2n) is 7.42. The first-order chi connectivity index (χ1) is 13.9. The number of ether oxygens (including phenoxy) is 2. The molecular weight excluding hydrogens is 392 g/mol. The summed E-state index contributed by atoms with van der Waals surface area (Å²) < 4.78 is 35.8. The number of hydrogen-bond acceptors (Lipinski definition) is 6. The summed E-state index contributed by atoms with van der Waals surface area (Å²) in [6.45, 7) is 5.34. The van der Waals surface area contributed by atoms with Crippen molar-refractivity contribution in [3.05, 3.63) is 53.6 Å². The molecule has 0 radical (unpaired) electrons. The Kier molecular flexibility index (Phi) is 5.47. The summed E-state index contributed by atoms with van der Waals surface area (Å²) in [5.41, 5.74) is 2.10. The zero-order chi connectivity index (χ0) is 20.4. The predicted octanol–water partition coefficient (Wildman–Crippen LogP) is 1.84. The van der Waals surface area contributed by atoms with Crippen molar-refractivity contribution in [1.29, 1.82) is 0 Å². The van der Waals surface area contributed by atoms with E-state index in [0.29, 0.717) is 26.2 Å². The molecule has 154 valence electrons. The molecule has 1 fully saturated rings. The summed E-state index contributed by atoms with van der Waals surface area (Å²) in [5.74, 6) is 0.697. The van der Waals surface area contributed by atoms with Crippen molar-refractivity contribution < 1.29 is 22.7 Å². The van der Waals surface area contributed by atoms with E-state index in [1.807, 2.05) is 25.1 Å². The fourth-order valence-electron chi connectivity index (χ4n) is 3.54. The lowest BCUT2D eigenvalue weighted by atomic mass is 10.1. The number of benzene rings is 2. The second-order valence-corrected chi connectivity index (χ2v) is 9.41. The Morgan fingerprint density at radius 3 is 2.38 bits per heavy atom. The molecule has 0 aromatic heterocycles. The standard InChI is InChI=1S/C21H24N2O5S/c1-16-2-5-18(6-3-16)29(25,26)14-21(24)23-10-8-22(9-11-23)13-17-4-7-19-20(12-17)28-15-27-19/h2-7,12H,8-11,13-15H2,1H3. The van der Waals surface area contributed by atoms with E-state index in [1.54, 1.807) is 29.2 Å². The van der Waals surface area contributed by atoms with Gasteiger partial charge in [0.2, 0.25) is 12.7 Å². The molecule has 8 heteroatoms. The van der Waals surface area contributed by atoms with Gasteiger partial charge in [-0.2, -0.15) is 0 Å². The van der Waals surface area contributed by atoms with Crippen molar-refractivity contribution in [3.63, 3.8) is 0 Å². The van der Waals surface area contributed by atoms with E-state index in [0.717, 1.165) is 29.2 Å². The largest absolute Gasteiger partial charge is 0.454 e. The minimum atomic E-state index is -3.62. The van der Waals surface area contributed by atoms with Crippen LogP contribution < -0.4 is 9.47 Å². The van der Waals surface area contributed by atoms with Crippen LogP contribution in [0.5, 0.6) is 11.5 Å². The van der Waals surface area contributed by atoms with Gasteiger partial charge in [0.25, 0.3) is 0 Å². The van der Waals surface area contributed by atoms with Crippen LogP contribution in [0.4, 0.5) is 0 Å². The van der Waals surface area contributed by atoms with Crippen LogP contribution in [-0.2, 0) is 21.2 Å². The number of nitrogens with zero attached hydrogens (tertiary/aromatic N) is 2. The van der Waals surface area contributed by atoms with Crippen molar-refractivity contribution in [2.24, 2.45) is 0 Å². The molecular formula is C21H24N2O5S. The number of fused-ring (bicyclic) bond motifs is 1. The van der Waals surface area contributed by atoms with Gasteiger partial charge in [-0.05, 0) is 36.8 Å². The van der Waals surface area contributed by atoms with Crippen molar-refractivity contribution >= 4 is 15.7 Å². The van der Waals surface area contributed by atoms with Crippen LogP contribution in [0.15, 0.2) is 47.4 Å². The van der Waals surface area contributed by atoms with Crippen molar-refractivity contribution in [2.75, 3.05) is 38.7 Å². The Morgan fingerprint density at radius 2 is 1.66 bits per heavy atom. The van der Waals surface area contributed by atoms with Gasteiger partial charge < -0.3 is 14.4 Å². The summed E-state index contributed by atoms with van der Waals surface area (Å²) in [4.78, 5) is 16.6. The Morgan fingerprint density at radius 1 is 0.966 bits per heavy atom. The zero-order valence-corrected chi connectivity index (χ0v) is 17.2. The van der Waals surface area contributed by atoms with Crippen molar-refractivity contribution in [3.8, 4) is 11.5 Å². The smallest absolute Gasteiger partial charge is 0.238 e. The van der Waals surface area contributed by atoms with Crippen LogP contribution >= 0.6 is 0 Å². The third kappa shape index (κ3) is 4.54. The number of hydrogen-bond donors (Lipinski definition) is 0. The van der Waals surface area contributed by atoms with Gasteiger partial charge in [-0.15, -0.1) is 0 Å². The third-order valence-electron chi connectivity index (χ3n) is 5.26. The number of rotatable bonds is 5. The Labute approximate surface area is 170 Å². The molecule has 4 rings (SSSR count). The van der Waals surface area contributed by atoms with Gasteiger partial charge in [0.05, 0.1) is 4.90 Å². The lowest BCUT2D eigenvalue weighted by Crippen LogP contribution is -2.49. The first kappa shape index (κ1) is 19.7. The number of piperazine rings is 1. The summed E-state index contributed by atoms with van der Waals surface area (Å²) in [7, 11) is -3.62. The molecule has 0 aliphatic carbocycles. The molecule has 0 N–H and O–H groups in total. The highest BCUT2D eigenvalue weighted by atomic mass is 32.2. The lowest BCUT2D eigenvalue weighted by molar-refractivity contribution is -0.130. The van der Waals surface area contributed by atoms with Gasteiger partial charge in [0.1, 0.15) is 5.75 Å². The highest BCUT2D eigenvalue weighted by molar-refractivity contribution is 7.92. The van der Waals surface area contributed by atoms with Crippen molar-refractivity contribution in [1.82, 2.24) is 9.80 Å². The summed E-state index contributed by atoms with van der Waals surface area (Å²) in [6, 6.07) is 12.5. The molecule has 1 saturated heterocycles. The van der Waals surface area contributed by atoms with E-state index in [4.69, 9.17) is 9.47 Å². The highest BCUT2D eigenvalue weighted by Gasteiger charge is 2.26. The maximum atomic E-state index is 12.5. The Hall–Kier alpha value is -2.58. The predicted molar refractivity (Wildman–Crippen MR) is 108 cm³/mol. The van der Waals surface area contributed by atoms with Crippen LogP contribution in [-0.4, -0.2) is 62.8 Å². The summed E-state index contributed by atoms with van der Waals surface area (Å²) in [6.07, 6.45) is 0. The van der Waals surface area contributed by atoms with Crippen LogP contribution in [0, 0.1) is 6.92 Å². The molecule has 0 atom stereocenters. The lowest BCUT2D eigenvalue weighted by Gasteiger charge is -2.34. The molecule has 29 heavy (non-hydrogen) atoms. The summed E-state index contributed by atoms with van der Waals surface area (Å²) >= 11 is 0. The van der Waals surface area contributed by atoms with E-state index >= 15 is 0 Å². The van der Waals surface area contributed by atoms with E-state index in [1.165, 1.54) is 0 Å². The minimum Gasteiger partial charge on any atom is -0.454 e. The topological polar surface area (TPSA) is 76.2 Å². The fourth-order valence-corrected chi connectivity index (χ4v) is 4.76. The van der Waals surface area contributed by atoms with E-state index in [2.05, 4.69) is 4.90 Å². The number of carbonyl (C=O) groups is 1. The first-order valence-electron chi connectivity index (χ1n) is 9.59. The monoisotopic (exact) mass is 416 g/mol. The van der Waals surface area contributed by atoms with Gasteiger partial charge in [-0.3, -0.25) is 9.69 Å². The summed E-state index contributed by atoms with van der Waals surface area (Å²) in [5, 5.41) is 0. The number of sulfone groups is 1. The molecule has 2 aliphatic rings. The molecule has 0 bridgehead atoms. The zero-order valence-electron chi connectivity index (χ0n) is 16.3. The average Bonchev–Trinajstić information content (AvgIpc) is 3.16. The highest BCUT2D eigenvalue weighted by Crippen LogP contribution is 2.32. The normalized spacial score (nSPS) is 16.8.